The summed E-state index contributed by atoms with van der Waals surface area (Å²) in [6.45, 7) is 1.72. The molecule has 0 atom stereocenters. The summed E-state index contributed by atoms with van der Waals surface area (Å²) in [6, 6.07) is 5.24. The SMILES string of the molecule is Cc1cc(Cl)ccc1OCC(=O)NNC(=O)C12CC3CC(CC(C3)C1)C2. The normalized spacial score (nSPS) is 31.5. The van der Waals surface area contributed by atoms with Crippen LogP contribution in [0.5, 0.6) is 5.75 Å². The first-order valence-corrected chi connectivity index (χ1v) is 9.79. The van der Waals surface area contributed by atoms with Crippen LogP contribution in [0.4, 0.5) is 0 Å². The van der Waals surface area contributed by atoms with E-state index >= 15 is 0 Å². The summed E-state index contributed by atoms with van der Waals surface area (Å²) in [7, 11) is 0. The third-order valence-electron chi connectivity index (χ3n) is 6.33. The first-order valence-electron chi connectivity index (χ1n) is 9.42. The van der Waals surface area contributed by atoms with Crippen LogP contribution < -0.4 is 15.6 Å². The fourth-order valence-electron chi connectivity index (χ4n) is 5.60. The number of hydrazine groups is 1. The van der Waals surface area contributed by atoms with Crippen LogP contribution in [0, 0.1) is 30.1 Å². The Balaban J connectivity index is 1.28. The highest BCUT2D eigenvalue weighted by molar-refractivity contribution is 6.30. The number of hydrogen-bond donors (Lipinski definition) is 2. The van der Waals surface area contributed by atoms with Gasteiger partial charge in [0.05, 0.1) is 5.41 Å². The molecule has 4 aliphatic rings. The molecule has 5 nitrogen and oxygen atoms in total. The Morgan fingerprint density at radius 2 is 1.73 bits per heavy atom. The zero-order valence-corrected chi connectivity index (χ0v) is 15.8. The lowest BCUT2D eigenvalue weighted by Gasteiger charge is -2.55. The highest BCUT2D eigenvalue weighted by Gasteiger charge is 2.54. The van der Waals surface area contributed by atoms with Gasteiger partial charge in [-0.3, -0.25) is 20.4 Å². The smallest absolute Gasteiger partial charge is 0.276 e. The molecule has 4 bridgehead atoms. The van der Waals surface area contributed by atoms with Crippen LogP contribution in [-0.4, -0.2) is 18.4 Å². The van der Waals surface area contributed by atoms with Crippen molar-refractivity contribution < 1.29 is 14.3 Å². The van der Waals surface area contributed by atoms with Gasteiger partial charge in [-0.15, -0.1) is 0 Å². The third kappa shape index (κ3) is 3.41. The summed E-state index contributed by atoms with van der Waals surface area (Å²) in [5.74, 6) is 2.30. The molecule has 2 N–H and O–H groups in total. The van der Waals surface area contributed by atoms with E-state index < -0.39 is 0 Å². The number of ether oxygens (including phenoxy) is 1. The summed E-state index contributed by atoms with van der Waals surface area (Å²) >= 11 is 5.91. The number of rotatable bonds is 4. The van der Waals surface area contributed by atoms with Gasteiger partial charge in [-0.05, 0) is 87.0 Å². The highest BCUT2D eigenvalue weighted by atomic mass is 35.5. The van der Waals surface area contributed by atoms with Gasteiger partial charge in [0, 0.05) is 5.02 Å². The molecule has 4 saturated carbocycles. The molecule has 26 heavy (non-hydrogen) atoms. The number of carbonyl (C=O) groups excluding carboxylic acids is 2. The second kappa shape index (κ2) is 6.76. The summed E-state index contributed by atoms with van der Waals surface area (Å²) in [4.78, 5) is 24.8. The topological polar surface area (TPSA) is 67.4 Å². The molecule has 1 aromatic carbocycles. The lowest BCUT2D eigenvalue weighted by atomic mass is 9.49. The Morgan fingerprint density at radius 3 is 2.31 bits per heavy atom. The number of amides is 2. The molecule has 5 rings (SSSR count). The van der Waals surface area contributed by atoms with Crippen molar-refractivity contribution >= 4 is 23.4 Å². The van der Waals surface area contributed by atoms with Crippen LogP contribution in [0.1, 0.15) is 44.1 Å². The number of carbonyl (C=O) groups is 2. The number of hydrogen-bond acceptors (Lipinski definition) is 3. The maximum absolute atomic E-state index is 12.8. The van der Waals surface area contributed by atoms with Crippen LogP contribution in [0.15, 0.2) is 18.2 Å². The second-order valence-corrected chi connectivity index (χ2v) is 8.84. The van der Waals surface area contributed by atoms with E-state index in [2.05, 4.69) is 10.9 Å². The molecule has 0 aliphatic heterocycles. The molecule has 6 heteroatoms. The van der Waals surface area contributed by atoms with Crippen molar-refractivity contribution in [3.63, 3.8) is 0 Å². The van der Waals surface area contributed by atoms with E-state index in [0.29, 0.717) is 28.5 Å². The van der Waals surface area contributed by atoms with Gasteiger partial charge in [-0.1, -0.05) is 11.6 Å². The van der Waals surface area contributed by atoms with Gasteiger partial charge in [-0.25, -0.2) is 0 Å². The molecule has 0 radical (unpaired) electrons. The lowest BCUT2D eigenvalue weighted by Crippen LogP contribution is -2.57. The van der Waals surface area contributed by atoms with E-state index in [1.807, 2.05) is 6.92 Å². The predicted molar refractivity (Wildman–Crippen MR) is 98.6 cm³/mol. The van der Waals surface area contributed by atoms with E-state index in [4.69, 9.17) is 16.3 Å². The highest BCUT2D eigenvalue weighted by Crippen LogP contribution is 2.60. The van der Waals surface area contributed by atoms with E-state index in [0.717, 1.165) is 24.8 Å². The maximum atomic E-state index is 12.8. The molecule has 4 aliphatic carbocycles. The van der Waals surface area contributed by atoms with Crippen molar-refractivity contribution in [3.8, 4) is 5.75 Å². The molecule has 4 fully saturated rings. The number of nitrogens with one attached hydrogen (secondary N) is 2. The molecule has 140 valence electrons. The molecule has 0 saturated heterocycles. The van der Waals surface area contributed by atoms with Crippen molar-refractivity contribution in [1.82, 2.24) is 10.9 Å². The molecule has 0 unspecified atom stereocenters. The Morgan fingerprint density at radius 1 is 1.12 bits per heavy atom. The van der Waals surface area contributed by atoms with Crippen molar-refractivity contribution in [1.29, 1.82) is 0 Å². The first-order chi connectivity index (χ1) is 12.4. The second-order valence-electron chi connectivity index (χ2n) is 8.40. The molecule has 1 aromatic rings. The third-order valence-corrected chi connectivity index (χ3v) is 6.57. The van der Waals surface area contributed by atoms with Crippen LogP contribution in [0.3, 0.4) is 0 Å². The van der Waals surface area contributed by atoms with Crippen molar-refractivity contribution in [2.75, 3.05) is 6.61 Å². The van der Waals surface area contributed by atoms with Crippen LogP contribution in [0.2, 0.25) is 5.02 Å². The van der Waals surface area contributed by atoms with Crippen LogP contribution in [0.25, 0.3) is 0 Å². The fourth-order valence-corrected chi connectivity index (χ4v) is 5.83. The van der Waals surface area contributed by atoms with Crippen molar-refractivity contribution in [2.45, 2.75) is 45.4 Å². The van der Waals surface area contributed by atoms with Crippen LogP contribution >= 0.6 is 11.6 Å². The zero-order chi connectivity index (χ0) is 18.3. The van der Waals surface area contributed by atoms with Gasteiger partial charge in [0.25, 0.3) is 5.91 Å². The first kappa shape index (κ1) is 17.7. The van der Waals surface area contributed by atoms with E-state index in [1.165, 1.54) is 19.3 Å². The minimum absolute atomic E-state index is 0.0207. The van der Waals surface area contributed by atoms with Crippen molar-refractivity contribution in [2.24, 2.45) is 23.2 Å². The predicted octanol–water partition coefficient (Wildman–Crippen LogP) is 3.39. The Labute approximate surface area is 158 Å². The molecular weight excluding hydrogens is 352 g/mol. The van der Waals surface area contributed by atoms with E-state index in [-0.39, 0.29) is 23.8 Å². The Kier molecular flexibility index (Phi) is 4.59. The summed E-state index contributed by atoms with van der Waals surface area (Å²) in [5.41, 5.74) is 5.77. The summed E-state index contributed by atoms with van der Waals surface area (Å²) < 4.78 is 5.51. The van der Waals surface area contributed by atoms with Crippen molar-refractivity contribution in [3.05, 3.63) is 28.8 Å². The van der Waals surface area contributed by atoms with E-state index in [1.54, 1.807) is 18.2 Å². The summed E-state index contributed by atoms with van der Waals surface area (Å²) in [5, 5.41) is 0.627. The van der Waals surface area contributed by atoms with E-state index in [9.17, 15) is 9.59 Å². The molecule has 0 spiro atoms. The van der Waals surface area contributed by atoms with Gasteiger partial charge in [0.1, 0.15) is 5.75 Å². The monoisotopic (exact) mass is 376 g/mol. The van der Waals surface area contributed by atoms with Crippen LogP contribution in [-0.2, 0) is 9.59 Å². The fraction of sp³-hybridized carbons (Fsp3) is 0.600. The minimum Gasteiger partial charge on any atom is -0.483 e. The lowest BCUT2D eigenvalue weighted by molar-refractivity contribution is -0.149. The minimum atomic E-state index is -0.363. The quantitative estimate of drug-likeness (QED) is 0.791. The Bertz CT molecular complexity index is 698. The Hall–Kier alpha value is -1.75. The largest absolute Gasteiger partial charge is 0.483 e. The molecular formula is C20H25ClN2O3. The van der Waals surface area contributed by atoms with Gasteiger partial charge in [0.2, 0.25) is 5.91 Å². The van der Waals surface area contributed by atoms with Gasteiger partial charge < -0.3 is 4.74 Å². The average molecular weight is 377 g/mol. The number of halogens is 1. The molecule has 2 amide bonds. The number of benzene rings is 1. The van der Waals surface area contributed by atoms with Gasteiger partial charge in [0.15, 0.2) is 6.61 Å². The average Bonchev–Trinajstić information content (AvgIpc) is 2.57. The van der Waals surface area contributed by atoms with Gasteiger partial charge >= 0.3 is 0 Å². The number of aryl methyl sites for hydroxylation is 1. The standard InChI is InChI=1S/C20H25ClN2O3/c1-12-4-16(21)2-3-17(12)26-11-18(24)22-23-19(25)20-8-13-5-14(9-20)7-15(6-13)10-20/h2-4,13-15H,5-11H2,1H3,(H,22,24)(H,23,25). The molecule has 0 aromatic heterocycles. The zero-order valence-electron chi connectivity index (χ0n) is 15.0. The summed E-state index contributed by atoms with van der Waals surface area (Å²) in [6.07, 6.45) is 6.77. The maximum Gasteiger partial charge on any atom is 0.276 e. The van der Waals surface area contributed by atoms with Gasteiger partial charge in [-0.2, -0.15) is 0 Å². The molecule has 0 heterocycles.